The zero-order chi connectivity index (χ0) is 22.6. The highest BCUT2D eigenvalue weighted by molar-refractivity contribution is 6.52. The normalized spacial score (nSPS) is 19.2. The summed E-state index contributed by atoms with van der Waals surface area (Å²) in [5, 5.41) is 4.12. The fourth-order valence-electron chi connectivity index (χ4n) is 4.47. The Morgan fingerprint density at radius 2 is 1.91 bits per heavy atom. The fourth-order valence-corrected chi connectivity index (χ4v) is 5.67. The van der Waals surface area contributed by atoms with Gasteiger partial charge in [-0.25, -0.2) is 0 Å². The Bertz CT molecular complexity index is 1340. The van der Waals surface area contributed by atoms with Crippen molar-refractivity contribution >= 4 is 51.5 Å². The Balaban J connectivity index is 1.40. The summed E-state index contributed by atoms with van der Waals surface area (Å²) in [5.74, 6) is -0.182. The SMILES string of the molecule is C=C(Nc1ccc(C)c(-c2cnc3cc[nH]c3c2)c1)C1C(c2cc(C)cc(Cl)c2)C1(Cl)Cl. The number of aromatic amines is 1. The first kappa shape index (κ1) is 21.4. The van der Waals surface area contributed by atoms with Gasteiger partial charge in [0.05, 0.1) is 11.0 Å². The predicted octanol–water partition coefficient (Wildman–Crippen LogP) is 8.01. The summed E-state index contributed by atoms with van der Waals surface area (Å²) in [6, 6.07) is 16.2. The molecule has 3 nitrogen and oxygen atoms in total. The minimum Gasteiger partial charge on any atom is -0.360 e. The van der Waals surface area contributed by atoms with Gasteiger partial charge in [-0.3, -0.25) is 4.98 Å². The number of rotatable bonds is 5. The van der Waals surface area contributed by atoms with Gasteiger partial charge in [-0.15, -0.1) is 23.2 Å². The van der Waals surface area contributed by atoms with Crippen molar-refractivity contribution in [1.29, 1.82) is 0 Å². The summed E-state index contributed by atoms with van der Waals surface area (Å²) in [7, 11) is 0. The molecule has 2 unspecified atom stereocenters. The largest absolute Gasteiger partial charge is 0.360 e. The van der Waals surface area contributed by atoms with Crippen LogP contribution in [0.5, 0.6) is 0 Å². The van der Waals surface area contributed by atoms with Crippen molar-refractivity contribution in [2.24, 2.45) is 5.92 Å². The van der Waals surface area contributed by atoms with Crippen molar-refractivity contribution in [3.05, 3.63) is 94.9 Å². The Hall–Kier alpha value is -2.46. The van der Waals surface area contributed by atoms with E-state index in [-0.39, 0.29) is 11.8 Å². The van der Waals surface area contributed by atoms with E-state index in [1.54, 1.807) is 0 Å². The number of nitrogens with one attached hydrogen (secondary N) is 2. The summed E-state index contributed by atoms with van der Waals surface area (Å²) in [4.78, 5) is 7.77. The van der Waals surface area contributed by atoms with E-state index in [1.807, 2.05) is 43.6 Å². The van der Waals surface area contributed by atoms with Crippen molar-refractivity contribution in [3.63, 3.8) is 0 Å². The maximum atomic E-state index is 6.68. The molecule has 0 radical (unpaired) electrons. The molecule has 1 saturated carbocycles. The van der Waals surface area contributed by atoms with Crippen LogP contribution < -0.4 is 5.32 Å². The zero-order valence-corrected chi connectivity index (χ0v) is 20.0. The third-order valence-electron chi connectivity index (χ3n) is 6.10. The lowest BCUT2D eigenvalue weighted by atomic mass is 10.0. The van der Waals surface area contributed by atoms with Crippen LogP contribution in [0.1, 0.15) is 22.6 Å². The molecular weight excluding hydrogens is 461 g/mol. The Morgan fingerprint density at radius 3 is 2.69 bits per heavy atom. The third-order valence-corrected chi connectivity index (χ3v) is 7.26. The number of benzene rings is 2. The average molecular weight is 483 g/mol. The number of anilines is 1. The van der Waals surface area contributed by atoms with Crippen LogP contribution in [0, 0.1) is 19.8 Å². The van der Waals surface area contributed by atoms with Crippen LogP contribution in [0.3, 0.4) is 0 Å². The van der Waals surface area contributed by atoms with Gasteiger partial charge in [-0.2, -0.15) is 0 Å². The van der Waals surface area contributed by atoms with Gasteiger partial charge in [0, 0.05) is 46.2 Å². The second-order valence-corrected chi connectivity index (χ2v) is 10.4. The van der Waals surface area contributed by atoms with Gasteiger partial charge < -0.3 is 10.3 Å². The summed E-state index contributed by atoms with van der Waals surface area (Å²) in [6.07, 6.45) is 3.80. The van der Waals surface area contributed by atoms with Crippen molar-refractivity contribution in [2.45, 2.75) is 24.1 Å². The first-order valence-electron chi connectivity index (χ1n) is 10.4. The molecule has 2 aromatic carbocycles. The minimum atomic E-state index is -0.919. The fraction of sp³-hybridized carbons (Fsp3) is 0.192. The smallest absolute Gasteiger partial charge is 0.134 e. The van der Waals surface area contributed by atoms with E-state index in [4.69, 9.17) is 34.8 Å². The first-order chi connectivity index (χ1) is 15.2. The molecule has 2 heterocycles. The van der Waals surface area contributed by atoms with Crippen LogP contribution in [0.4, 0.5) is 5.69 Å². The number of aryl methyl sites for hydroxylation is 2. The molecule has 2 aromatic heterocycles. The number of nitrogens with zero attached hydrogens (tertiary/aromatic N) is 1. The number of pyridine rings is 1. The van der Waals surface area contributed by atoms with Gasteiger partial charge in [0.2, 0.25) is 0 Å². The molecule has 2 atom stereocenters. The number of alkyl halides is 2. The highest BCUT2D eigenvalue weighted by Gasteiger charge is 2.65. The zero-order valence-electron chi connectivity index (χ0n) is 17.7. The molecule has 0 amide bonds. The van der Waals surface area contributed by atoms with Crippen LogP contribution in [0.15, 0.2) is 73.2 Å². The van der Waals surface area contributed by atoms with Crippen molar-refractivity contribution in [1.82, 2.24) is 9.97 Å². The molecule has 6 heteroatoms. The second-order valence-electron chi connectivity index (χ2n) is 8.51. The van der Waals surface area contributed by atoms with Gasteiger partial charge >= 0.3 is 0 Å². The summed E-state index contributed by atoms with van der Waals surface area (Å²) < 4.78 is -0.919. The molecule has 162 valence electrons. The first-order valence-corrected chi connectivity index (χ1v) is 11.5. The number of halogens is 3. The third kappa shape index (κ3) is 3.79. The summed E-state index contributed by atoms with van der Waals surface area (Å²) in [5.41, 5.74) is 9.10. The van der Waals surface area contributed by atoms with E-state index < -0.39 is 4.33 Å². The van der Waals surface area contributed by atoms with E-state index >= 15 is 0 Å². The number of fused-ring (bicyclic) bond motifs is 1. The molecule has 0 spiro atoms. The van der Waals surface area contributed by atoms with Crippen LogP contribution in [-0.2, 0) is 0 Å². The Kier molecular flexibility index (Phi) is 5.24. The minimum absolute atomic E-state index is 0.0624. The Morgan fingerprint density at radius 1 is 1.09 bits per heavy atom. The molecule has 1 aliphatic rings. The number of allylic oxidation sites excluding steroid dienone is 1. The molecule has 32 heavy (non-hydrogen) atoms. The highest BCUT2D eigenvalue weighted by atomic mass is 35.5. The highest BCUT2D eigenvalue weighted by Crippen LogP contribution is 2.67. The van der Waals surface area contributed by atoms with Gasteiger partial charge in [0.25, 0.3) is 0 Å². The van der Waals surface area contributed by atoms with E-state index in [0.717, 1.165) is 50.2 Å². The quantitative estimate of drug-likeness (QED) is 0.283. The number of hydrogen-bond acceptors (Lipinski definition) is 2. The van der Waals surface area contributed by atoms with Crippen molar-refractivity contribution in [2.75, 3.05) is 5.32 Å². The van der Waals surface area contributed by atoms with Crippen LogP contribution in [-0.4, -0.2) is 14.3 Å². The van der Waals surface area contributed by atoms with E-state index in [9.17, 15) is 0 Å². The van der Waals surface area contributed by atoms with Crippen LogP contribution >= 0.6 is 34.8 Å². The molecule has 2 N–H and O–H groups in total. The molecule has 0 bridgehead atoms. The van der Waals surface area contributed by atoms with Crippen LogP contribution in [0.2, 0.25) is 5.02 Å². The van der Waals surface area contributed by atoms with Gasteiger partial charge in [-0.05, 0) is 72.5 Å². The maximum absolute atomic E-state index is 6.68. The van der Waals surface area contributed by atoms with E-state index in [1.165, 1.54) is 0 Å². The predicted molar refractivity (Wildman–Crippen MR) is 136 cm³/mol. The maximum Gasteiger partial charge on any atom is 0.134 e. The molecule has 1 fully saturated rings. The summed E-state index contributed by atoms with van der Waals surface area (Å²) in [6.45, 7) is 8.36. The van der Waals surface area contributed by atoms with Crippen molar-refractivity contribution < 1.29 is 0 Å². The lowest BCUT2D eigenvalue weighted by molar-refractivity contribution is 0.946. The van der Waals surface area contributed by atoms with Crippen molar-refractivity contribution in [3.8, 4) is 11.1 Å². The molecule has 0 aliphatic heterocycles. The van der Waals surface area contributed by atoms with E-state index in [0.29, 0.717) is 5.02 Å². The van der Waals surface area contributed by atoms with Gasteiger partial charge in [0.15, 0.2) is 0 Å². The molecule has 5 rings (SSSR count). The topological polar surface area (TPSA) is 40.7 Å². The molecule has 0 saturated heterocycles. The summed E-state index contributed by atoms with van der Waals surface area (Å²) >= 11 is 19.6. The van der Waals surface area contributed by atoms with Crippen LogP contribution in [0.25, 0.3) is 22.2 Å². The lowest BCUT2D eigenvalue weighted by Gasteiger charge is -2.13. The van der Waals surface area contributed by atoms with Gasteiger partial charge in [-0.1, -0.05) is 30.3 Å². The monoisotopic (exact) mass is 481 g/mol. The van der Waals surface area contributed by atoms with Gasteiger partial charge in [0.1, 0.15) is 4.33 Å². The second kappa shape index (κ2) is 7.84. The molecule has 1 aliphatic carbocycles. The Labute approximate surface area is 202 Å². The number of H-pyrrole nitrogens is 1. The lowest BCUT2D eigenvalue weighted by Crippen LogP contribution is -2.04. The van der Waals surface area contributed by atoms with E-state index in [2.05, 4.69) is 53.1 Å². The number of hydrogen-bond donors (Lipinski definition) is 2. The average Bonchev–Trinajstić information content (AvgIpc) is 3.05. The molecular formula is C26H22Cl3N3. The number of aromatic nitrogens is 2. The standard InChI is InChI=1S/C26H22Cl3N3/c1-14-8-17(10-19(27)9-14)25-24(26(25,28)29)16(3)32-20-5-4-15(2)21(12-20)18-11-23-22(31-13-18)6-7-30-23/h4-13,24-25,30,32H,3H2,1-2H3. The molecule has 4 aromatic rings.